The van der Waals surface area contributed by atoms with Crippen molar-refractivity contribution in [3.05, 3.63) is 0 Å². The van der Waals surface area contributed by atoms with Crippen LogP contribution in [-0.4, -0.2) is 54.7 Å². The molecule has 0 heterocycles. The predicted molar refractivity (Wildman–Crippen MR) is 47.7 cm³/mol. The predicted octanol–water partition coefficient (Wildman–Crippen LogP) is 5.90. The van der Waals surface area contributed by atoms with Gasteiger partial charge in [0.15, 0.2) is 0 Å². The van der Waals surface area contributed by atoms with E-state index in [1.807, 2.05) is 0 Å². The summed E-state index contributed by atoms with van der Waals surface area (Å²) in [5.74, 6) is -7.95. The molecule has 0 aromatic heterocycles. The van der Waals surface area contributed by atoms with Crippen molar-refractivity contribution in [2.24, 2.45) is 0 Å². The highest BCUT2D eigenvalue weighted by Crippen LogP contribution is 2.59. The molecule has 0 spiro atoms. The molecular weight excluding hydrogens is 466 g/mol. The summed E-state index contributed by atoms with van der Waals surface area (Å²) in [5, 5.41) is 0. The van der Waals surface area contributed by atoms with Crippen LogP contribution >= 0.6 is 0 Å². The Morgan fingerprint density at radius 3 is 0.929 bits per heavy atom. The molecule has 0 bridgehead atoms. The molecule has 0 aromatic rings. The summed E-state index contributed by atoms with van der Waals surface area (Å²) in [4.78, 5) is 0. The number of halogens is 18. The van der Waals surface area contributed by atoms with Gasteiger partial charge in [-0.3, -0.25) is 0 Å². The van der Waals surface area contributed by atoms with Gasteiger partial charge in [0.2, 0.25) is 0 Å². The minimum atomic E-state index is -8.31. The molecule has 0 aromatic carbocycles. The van der Waals surface area contributed by atoms with Gasteiger partial charge in [-0.2, -0.15) is 65.9 Å². The highest BCUT2D eigenvalue weighted by molar-refractivity contribution is 5.11. The van der Waals surface area contributed by atoms with Gasteiger partial charge >= 0.3 is 42.4 Å². The van der Waals surface area contributed by atoms with E-state index in [0.717, 1.165) is 0 Å². The lowest BCUT2D eigenvalue weighted by atomic mass is 9.89. The van der Waals surface area contributed by atoms with E-state index in [9.17, 15) is 79.0 Å². The van der Waals surface area contributed by atoms with Crippen molar-refractivity contribution in [1.82, 2.24) is 0 Å². The Balaban J connectivity index is 7.05. The van der Waals surface area contributed by atoms with E-state index in [0.29, 0.717) is 0 Å². The van der Waals surface area contributed by atoms with E-state index in [1.165, 1.54) is 0 Å². The lowest BCUT2D eigenvalue weighted by molar-refractivity contribution is -0.469. The Morgan fingerprint density at radius 2 is 0.750 bits per heavy atom. The van der Waals surface area contributed by atoms with E-state index >= 15 is 0 Å². The second-order valence-electron chi connectivity index (χ2n) is 4.78. The van der Waals surface area contributed by atoms with Crippen molar-refractivity contribution < 1.29 is 83.8 Å². The summed E-state index contributed by atoms with van der Waals surface area (Å²) in [6, 6.07) is 0. The first-order valence-corrected chi connectivity index (χ1v) is 5.78. The lowest BCUT2D eigenvalue weighted by Crippen LogP contribution is -2.74. The first-order chi connectivity index (χ1) is 11.7. The number of rotatable bonds is 4. The first-order valence-electron chi connectivity index (χ1n) is 5.78. The van der Waals surface area contributed by atoms with E-state index in [-0.39, 0.29) is 0 Å². The molecule has 1 nitrogen and oxygen atoms in total. The standard InChI is InChI=1S/C9H2F18O/c10-1(4(12,13)14)3(11,7(21,8(22,23)24)9(25,26)27)28-2(5(15,16)17)6(18,19)20/h1-2H. The quantitative estimate of drug-likeness (QED) is 0.468. The highest BCUT2D eigenvalue weighted by Gasteiger charge is 2.89. The average Bonchev–Trinajstić information content (AvgIpc) is 2.36. The summed E-state index contributed by atoms with van der Waals surface area (Å²) < 4.78 is 226. The molecule has 0 rings (SSSR count). The fraction of sp³-hybridized carbons (Fsp3) is 1.00. The van der Waals surface area contributed by atoms with Gasteiger partial charge in [0.1, 0.15) is 0 Å². The maximum absolute atomic E-state index is 13.9. The number of alkyl halides is 18. The zero-order chi connectivity index (χ0) is 23.4. The molecule has 0 fully saturated rings. The van der Waals surface area contributed by atoms with Crippen LogP contribution in [0.1, 0.15) is 0 Å². The molecule has 2 atom stereocenters. The van der Waals surface area contributed by atoms with Crippen molar-refractivity contribution >= 4 is 0 Å². The maximum atomic E-state index is 13.9. The summed E-state index contributed by atoms with van der Waals surface area (Å²) in [5.41, 5.74) is -8.31. The van der Waals surface area contributed by atoms with Crippen LogP contribution in [0.4, 0.5) is 79.0 Å². The molecule has 19 heteroatoms. The van der Waals surface area contributed by atoms with Crippen molar-refractivity contribution in [3.63, 3.8) is 0 Å². The molecule has 0 amide bonds. The monoisotopic (exact) mass is 468 g/mol. The fourth-order valence-electron chi connectivity index (χ4n) is 1.56. The normalized spacial score (nSPS) is 19.0. The van der Waals surface area contributed by atoms with Crippen LogP contribution in [0.5, 0.6) is 0 Å². The van der Waals surface area contributed by atoms with Crippen LogP contribution in [-0.2, 0) is 4.74 Å². The smallest absolute Gasteiger partial charge is 0.318 e. The van der Waals surface area contributed by atoms with Gasteiger partial charge in [-0.15, -0.1) is 0 Å². The number of hydrogen-bond acceptors (Lipinski definition) is 1. The van der Waals surface area contributed by atoms with Crippen LogP contribution < -0.4 is 0 Å². The lowest BCUT2D eigenvalue weighted by Gasteiger charge is -2.43. The first kappa shape index (κ1) is 26.7. The van der Waals surface area contributed by atoms with E-state index < -0.39 is 54.7 Å². The van der Waals surface area contributed by atoms with Crippen molar-refractivity contribution in [2.75, 3.05) is 0 Å². The van der Waals surface area contributed by atoms with Crippen LogP contribution in [0, 0.1) is 0 Å². The van der Waals surface area contributed by atoms with E-state index in [4.69, 9.17) is 0 Å². The molecule has 0 saturated carbocycles. The Hall–Kier alpha value is -1.30. The molecular formula is C9H2F18O. The van der Waals surface area contributed by atoms with Crippen LogP contribution in [0.15, 0.2) is 0 Å². The molecule has 0 aliphatic carbocycles. The zero-order valence-electron chi connectivity index (χ0n) is 11.9. The molecule has 0 saturated heterocycles. The number of ether oxygens (including phenoxy) is 1. The third kappa shape index (κ3) is 4.64. The number of hydrogen-bond donors (Lipinski definition) is 0. The molecule has 0 N–H and O–H groups in total. The van der Waals surface area contributed by atoms with Gasteiger partial charge in [0.25, 0.3) is 12.3 Å². The zero-order valence-corrected chi connectivity index (χ0v) is 11.9. The summed E-state index contributed by atoms with van der Waals surface area (Å²) in [6.07, 6.45) is -50.8. The molecule has 0 aliphatic rings. The molecule has 170 valence electrons. The molecule has 28 heavy (non-hydrogen) atoms. The largest absolute Gasteiger partial charge is 0.437 e. The van der Waals surface area contributed by atoms with Gasteiger partial charge in [-0.05, 0) is 0 Å². The second kappa shape index (κ2) is 6.89. The Labute approximate surface area is 140 Å². The third-order valence-electron chi connectivity index (χ3n) is 2.75. The van der Waals surface area contributed by atoms with Crippen molar-refractivity contribution in [3.8, 4) is 0 Å². The van der Waals surface area contributed by atoms with Gasteiger partial charge in [-0.1, -0.05) is 0 Å². The van der Waals surface area contributed by atoms with Gasteiger partial charge in [0, 0.05) is 0 Å². The van der Waals surface area contributed by atoms with E-state index in [1.54, 1.807) is 4.74 Å². The SMILES string of the molecule is FC(C(F)(F)F)C(F)(OC(C(F)(F)F)C(F)(F)F)C(F)(C(F)(F)F)C(F)(F)F. The van der Waals surface area contributed by atoms with Crippen LogP contribution in [0.3, 0.4) is 0 Å². The van der Waals surface area contributed by atoms with Gasteiger partial charge in [0.05, 0.1) is 0 Å². The summed E-state index contributed by atoms with van der Waals surface area (Å²) >= 11 is 0. The Bertz CT molecular complexity index is 504. The summed E-state index contributed by atoms with van der Waals surface area (Å²) in [6.45, 7) is 0. The van der Waals surface area contributed by atoms with Crippen molar-refractivity contribution in [1.29, 1.82) is 0 Å². The topological polar surface area (TPSA) is 9.23 Å². The van der Waals surface area contributed by atoms with Crippen LogP contribution in [0.2, 0.25) is 0 Å². The van der Waals surface area contributed by atoms with E-state index in [2.05, 4.69) is 0 Å². The third-order valence-corrected chi connectivity index (χ3v) is 2.75. The minimum absolute atomic E-state index is 1.65. The van der Waals surface area contributed by atoms with Crippen molar-refractivity contribution in [2.45, 2.75) is 54.7 Å². The minimum Gasteiger partial charge on any atom is -0.318 e. The second-order valence-corrected chi connectivity index (χ2v) is 4.78. The fourth-order valence-corrected chi connectivity index (χ4v) is 1.56. The molecule has 2 unspecified atom stereocenters. The maximum Gasteiger partial charge on any atom is 0.437 e. The Kier molecular flexibility index (Phi) is 6.57. The average molecular weight is 468 g/mol. The highest BCUT2D eigenvalue weighted by atomic mass is 19.4. The Morgan fingerprint density at radius 1 is 0.464 bits per heavy atom. The van der Waals surface area contributed by atoms with Gasteiger partial charge < -0.3 is 4.74 Å². The molecule has 0 aliphatic heterocycles. The molecule has 0 radical (unpaired) electrons. The summed E-state index contributed by atoms with van der Waals surface area (Å²) in [7, 11) is 0. The van der Waals surface area contributed by atoms with Crippen LogP contribution in [0.25, 0.3) is 0 Å². The van der Waals surface area contributed by atoms with Gasteiger partial charge in [-0.25, -0.2) is 13.2 Å².